The van der Waals surface area contributed by atoms with Crippen LogP contribution in [0.3, 0.4) is 0 Å². The maximum atomic E-state index is 8.61. The van der Waals surface area contributed by atoms with E-state index < -0.39 is 0 Å². The first kappa shape index (κ1) is 125. The summed E-state index contributed by atoms with van der Waals surface area (Å²) in [4.78, 5) is 0. The van der Waals surface area contributed by atoms with E-state index in [1.54, 1.807) is 0 Å². The molecule has 0 aliphatic rings. The molecule has 0 amide bonds. The highest BCUT2D eigenvalue weighted by Crippen LogP contribution is 2.17. The minimum absolute atomic E-state index is 0.331. The SMILES string of the molecule is CC(C)CCCCCCCCCCCO.CC(C)CCCCCCCCCCO.CC(C)CCCCCCCCCO.CC(C)CCCCCCCCO.CC(C)CCCCCCCO.CC(C)CCCCCCO.CC(C)CCCCCO.CC(C)CCCCO.CC(C)CCCO.CC(C)CCO. The molecule has 10 nitrogen and oxygen atoms in total. The predicted molar refractivity (Wildman–Crippen MR) is 473 cm³/mol. The summed E-state index contributed by atoms with van der Waals surface area (Å²) in [5, 5.41) is 84.7. The maximum Gasteiger partial charge on any atom is 0.0433 e. The van der Waals surface area contributed by atoms with Crippen molar-refractivity contribution >= 4 is 0 Å². The fraction of sp³-hybridized carbons (Fsp3) is 1.00. The van der Waals surface area contributed by atoms with Gasteiger partial charge in [-0.25, -0.2) is 0 Å². The Balaban J connectivity index is -0.000000121. The van der Waals surface area contributed by atoms with Gasteiger partial charge in [-0.1, -0.05) is 421 Å². The van der Waals surface area contributed by atoms with Crippen molar-refractivity contribution in [1.29, 1.82) is 0 Å². The van der Waals surface area contributed by atoms with Crippen LogP contribution in [0.15, 0.2) is 0 Å². The third-order valence-corrected chi connectivity index (χ3v) is 18.2. The summed E-state index contributed by atoms with van der Waals surface area (Å²) < 4.78 is 0. The summed E-state index contributed by atoms with van der Waals surface area (Å²) in [7, 11) is 0. The lowest BCUT2D eigenvalue weighted by Gasteiger charge is -2.04. The molecule has 0 bridgehead atoms. The van der Waals surface area contributed by atoms with E-state index in [1.165, 1.54) is 283 Å². The molecule has 0 aliphatic carbocycles. The minimum Gasteiger partial charge on any atom is -0.396 e. The standard InChI is InChI=1S/C14H30O.C13H28O.C12H26O.C11H24O.C10H22O.C9H20O.C8H18O.C7H16O.C6H14O.C5H12O/c1-14(2)12-10-8-6-4-3-5-7-9-11-13-15;1-13(2)11-9-7-5-3-4-6-8-10-12-14;1-12(2)10-8-6-4-3-5-7-9-11-13;1-11(2)9-7-5-3-4-6-8-10-12;1-10(2)8-6-4-3-5-7-9-11;1-9(2)7-5-3-4-6-8-10;1-8(2)6-4-3-5-7-9;1-7(2)5-3-4-6-8;1-6(2)4-3-5-7;1-5(2)3-4-6/h14-15H,3-13H2,1-2H3;13-14H,3-12H2,1-2H3;12-13H,3-11H2,1-2H3;11-12H,3-10H2,1-2H3;10-11H,3-9H2,1-2H3;9-10H,3-8H2,1-2H3;8-9H,3-7H2,1-2H3;7-8H,3-6H2,1-2H3;6-7H,3-5H2,1-2H3;5-6H,3-4H2,1-2H3. The second-order valence-electron chi connectivity index (χ2n) is 35.0. The first-order chi connectivity index (χ1) is 50.2. The molecule has 0 aromatic carbocycles. The Morgan fingerprint density at radius 1 is 0.0952 bits per heavy atom. The molecule has 0 rings (SSSR count). The van der Waals surface area contributed by atoms with Crippen molar-refractivity contribution in [3.8, 4) is 0 Å². The van der Waals surface area contributed by atoms with Crippen molar-refractivity contribution in [3.05, 3.63) is 0 Å². The number of hydrogen-bond acceptors (Lipinski definition) is 10. The molecule has 0 saturated carbocycles. The predicted octanol–water partition coefficient (Wildman–Crippen LogP) is 27.8. The van der Waals surface area contributed by atoms with Crippen molar-refractivity contribution in [1.82, 2.24) is 0 Å². The van der Waals surface area contributed by atoms with Crippen molar-refractivity contribution < 1.29 is 51.1 Å². The zero-order valence-electron chi connectivity index (χ0n) is 76.2. The van der Waals surface area contributed by atoms with Gasteiger partial charge in [0.15, 0.2) is 0 Å². The van der Waals surface area contributed by atoms with Crippen molar-refractivity contribution in [2.24, 2.45) is 59.2 Å². The highest BCUT2D eigenvalue weighted by Gasteiger charge is 2.01. The molecule has 0 aliphatic heterocycles. The van der Waals surface area contributed by atoms with Gasteiger partial charge in [0.25, 0.3) is 0 Å². The Bertz CT molecular complexity index is 1280. The van der Waals surface area contributed by atoms with Gasteiger partial charge in [-0.15, -0.1) is 0 Å². The van der Waals surface area contributed by atoms with Crippen LogP contribution in [0, 0.1) is 59.2 Å². The summed E-state index contributed by atoms with van der Waals surface area (Å²) in [6.45, 7) is 48.4. The molecule has 0 spiro atoms. The molecular formula is C95H210O10. The molecule has 0 unspecified atom stereocenters. The van der Waals surface area contributed by atoms with Crippen molar-refractivity contribution in [2.45, 2.75) is 492 Å². The van der Waals surface area contributed by atoms with Gasteiger partial charge in [0, 0.05) is 66.1 Å². The smallest absolute Gasteiger partial charge is 0.0433 e. The molecule has 0 heterocycles. The molecule has 650 valence electrons. The lowest BCUT2D eigenvalue weighted by Crippen LogP contribution is -1.89. The van der Waals surface area contributed by atoms with E-state index in [1.807, 2.05) is 0 Å². The lowest BCUT2D eigenvalue weighted by atomic mass is 10.0. The molecule has 10 N–H and O–H groups in total. The van der Waals surface area contributed by atoms with Crippen LogP contribution in [0.4, 0.5) is 0 Å². The third-order valence-electron chi connectivity index (χ3n) is 18.2. The van der Waals surface area contributed by atoms with E-state index in [0.29, 0.717) is 72.0 Å². The second-order valence-corrected chi connectivity index (χ2v) is 35.0. The fourth-order valence-electron chi connectivity index (χ4n) is 11.0. The largest absolute Gasteiger partial charge is 0.396 e. The van der Waals surface area contributed by atoms with Crippen molar-refractivity contribution in [3.63, 3.8) is 0 Å². The maximum absolute atomic E-state index is 8.61. The Morgan fingerprint density at radius 3 is 0.276 bits per heavy atom. The molecule has 10 heteroatoms. The van der Waals surface area contributed by atoms with Gasteiger partial charge >= 0.3 is 0 Å². The van der Waals surface area contributed by atoms with Crippen LogP contribution in [0.25, 0.3) is 0 Å². The molecule has 0 aromatic rings. The number of hydrogen-bond donors (Lipinski definition) is 10. The molecule has 0 aromatic heterocycles. The zero-order valence-corrected chi connectivity index (χ0v) is 76.2. The van der Waals surface area contributed by atoms with E-state index in [9.17, 15) is 0 Å². The van der Waals surface area contributed by atoms with Crippen LogP contribution in [0.1, 0.15) is 492 Å². The van der Waals surface area contributed by atoms with E-state index in [4.69, 9.17) is 51.1 Å². The Labute approximate surface area is 664 Å². The third kappa shape index (κ3) is 192. The van der Waals surface area contributed by atoms with Gasteiger partial charge in [-0.3, -0.25) is 0 Å². The first-order valence-corrected chi connectivity index (χ1v) is 46.3. The number of unbranched alkanes of at least 4 members (excludes halogenated alkanes) is 36. The normalized spacial score (nSPS) is 10.9. The van der Waals surface area contributed by atoms with Gasteiger partial charge < -0.3 is 51.1 Å². The fourth-order valence-corrected chi connectivity index (χ4v) is 11.0. The number of rotatable bonds is 65. The van der Waals surface area contributed by atoms with Crippen molar-refractivity contribution in [2.75, 3.05) is 66.1 Å². The van der Waals surface area contributed by atoms with Gasteiger partial charge in [0.2, 0.25) is 0 Å². The van der Waals surface area contributed by atoms with Crippen LogP contribution in [0.5, 0.6) is 0 Å². The van der Waals surface area contributed by atoms with E-state index in [-0.39, 0.29) is 0 Å². The topological polar surface area (TPSA) is 202 Å². The summed E-state index contributed by atoms with van der Waals surface area (Å²) in [5.41, 5.74) is 0. The van der Waals surface area contributed by atoms with Gasteiger partial charge in [-0.05, 0) is 130 Å². The van der Waals surface area contributed by atoms with Crippen LogP contribution in [-0.2, 0) is 0 Å². The van der Waals surface area contributed by atoms with E-state index >= 15 is 0 Å². The summed E-state index contributed by atoms with van der Waals surface area (Å²) in [5.74, 6) is 8.19. The van der Waals surface area contributed by atoms with Gasteiger partial charge in [0.1, 0.15) is 0 Å². The van der Waals surface area contributed by atoms with Crippen LogP contribution < -0.4 is 0 Å². The van der Waals surface area contributed by atoms with E-state index in [0.717, 1.165) is 124 Å². The molecule has 0 saturated heterocycles. The van der Waals surface area contributed by atoms with Gasteiger partial charge in [-0.2, -0.15) is 0 Å². The molecule has 105 heavy (non-hydrogen) atoms. The number of aliphatic hydroxyl groups excluding tert-OH is 10. The lowest BCUT2D eigenvalue weighted by molar-refractivity contribution is 0.268. The summed E-state index contributed by atoms with van der Waals surface area (Å²) >= 11 is 0. The second kappa shape index (κ2) is 122. The Hall–Kier alpha value is -0.400. The monoisotopic (exact) mass is 1510 g/mol. The highest BCUT2D eigenvalue weighted by atomic mass is 16.3. The van der Waals surface area contributed by atoms with Crippen LogP contribution in [-0.4, -0.2) is 117 Å². The highest BCUT2D eigenvalue weighted by molar-refractivity contribution is 4.55. The minimum atomic E-state index is 0.331. The van der Waals surface area contributed by atoms with E-state index in [2.05, 4.69) is 138 Å². The summed E-state index contributed by atoms with van der Waals surface area (Å²) in [6, 6.07) is 0. The average Bonchev–Trinajstić information content (AvgIpc) is 3.67. The average molecular weight is 1510 g/mol. The van der Waals surface area contributed by atoms with Crippen LogP contribution >= 0.6 is 0 Å². The first-order valence-electron chi connectivity index (χ1n) is 46.3. The van der Waals surface area contributed by atoms with Crippen LogP contribution in [0.2, 0.25) is 0 Å². The molecule has 0 fully saturated rings. The molecular weight excluding hydrogens is 1300 g/mol. The molecule has 0 radical (unpaired) electrons. The number of aliphatic hydroxyl groups is 10. The quantitative estimate of drug-likeness (QED) is 0.0261. The van der Waals surface area contributed by atoms with Gasteiger partial charge in [0.05, 0.1) is 0 Å². The zero-order chi connectivity index (χ0) is 81.7. The Kier molecular flexibility index (Phi) is 146. The summed E-state index contributed by atoms with van der Waals surface area (Å²) in [6.07, 6.45) is 69.6. The molecule has 0 atom stereocenters. The Morgan fingerprint density at radius 2 is 0.181 bits per heavy atom.